The molecule has 2 amide bonds. The first-order chi connectivity index (χ1) is 6.61. The average molecular weight is 201 g/mol. The molecule has 0 aliphatic carbocycles. The third-order valence-corrected chi connectivity index (χ3v) is 2.49. The van der Waals surface area contributed by atoms with E-state index < -0.39 is 0 Å². The molecule has 0 aromatic carbocycles. The Bertz CT molecular complexity index is 157. The van der Waals surface area contributed by atoms with Gasteiger partial charge in [0.25, 0.3) is 0 Å². The van der Waals surface area contributed by atoms with Gasteiger partial charge in [-0.15, -0.1) is 0 Å². The highest BCUT2D eigenvalue weighted by Gasteiger charge is 2.02. The molecule has 0 aromatic heterocycles. The Morgan fingerprint density at radius 1 is 1.14 bits per heavy atom. The van der Waals surface area contributed by atoms with Crippen molar-refractivity contribution in [2.75, 3.05) is 33.2 Å². The number of nitrogens with zero attached hydrogens (tertiary/aromatic N) is 2. The molecule has 4 nitrogen and oxygen atoms in total. The predicted octanol–water partition coefficient (Wildman–Crippen LogP) is 1.12. The smallest absolute Gasteiger partial charge is 0.314 e. The van der Waals surface area contributed by atoms with E-state index in [-0.39, 0.29) is 6.03 Å². The molecule has 0 radical (unpaired) electrons. The summed E-state index contributed by atoms with van der Waals surface area (Å²) in [6, 6.07) is -0.340. The normalized spacial score (nSPS) is 10.6. The molecule has 0 aliphatic heterocycles. The molecule has 14 heavy (non-hydrogen) atoms. The van der Waals surface area contributed by atoms with Crippen molar-refractivity contribution >= 4 is 6.03 Å². The first-order valence-electron chi connectivity index (χ1n) is 5.34. The van der Waals surface area contributed by atoms with E-state index in [1.165, 1.54) is 0 Å². The van der Waals surface area contributed by atoms with Gasteiger partial charge in [-0.1, -0.05) is 13.8 Å². The molecule has 84 valence electrons. The molecule has 0 aliphatic rings. The monoisotopic (exact) mass is 201 g/mol. The predicted molar refractivity (Wildman–Crippen MR) is 59.2 cm³/mol. The second-order valence-corrected chi connectivity index (χ2v) is 3.49. The van der Waals surface area contributed by atoms with Crippen molar-refractivity contribution in [1.29, 1.82) is 0 Å². The van der Waals surface area contributed by atoms with E-state index in [0.29, 0.717) is 0 Å². The van der Waals surface area contributed by atoms with Gasteiger partial charge in [-0.05, 0) is 32.5 Å². The van der Waals surface area contributed by atoms with Gasteiger partial charge in [0.15, 0.2) is 0 Å². The van der Waals surface area contributed by atoms with Crippen LogP contribution in [0.25, 0.3) is 0 Å². The summed E-state index contributed by atoms with van der Waals surface area (Å²) in [7, 11) is 1.74. The first kappa shape index (κ1) is 13.2. The Morgan fingerprint density at radius 3 is 2.07 bits per heavy atom. The molecule has 0 atom stereocenters. The summed E-state index contributed by atoms with van der Waals surface area (Å²) in [5.74, 6) is 0. The number of carbonyl (C=O) groups is 1. The maximum absolute atomic E-state index is 10.7. The van der Waals surface area contributed by atoms with Gasteiger partial charge in [-0.2, -0.15) is 0 Å². The molecule has 0 saturated heterocycles. The molecular formula is C10H23N3O. The van der Waals surface area contributed by atoms with Crippen LogP contribution in [0.5, 0.6) is 0 Å². The Kier molecular flexibility index (Phi) is 7.20. The van der Waals surface area contributed by atoms with E-state index in [1.54, 1.807) is 11.9 Å². The maximum atomic E-state index is 10.7. The summed E-state index contributed by atoms with van der Waals surface area (Å²) in [5.41, 5.74) is 5.11. The fourth-order valence-electron chi connectivity index (χ4n) is 1.33. The molecule has 0 rings (SSSR count). The lowest BCUT2D eigenvalue weighted by molar-refractivity contribution is 0.216. The van der Waals surface area contributed by atoms with Crippen molar-refractivity contribution in [1.82, 2.24) is 9.80 Å². The quantitative estimate of drug-likeness (QED) is 0.627. The van der Waals surface area contributed by atoms with Crippen LogP contribution in [0.1, 0.15) is 26.7 Å². The van der Waals surface area contributed by atoms with E-state index in [0.717, 1.165) is 39.0 Å². The van der Waals surface area contributed by atoms with Crippen molar-refractivity contribution in [3.63, 3.8) is 0 Å². The number of unbranched alkanes of at least 4 members (excludes halogenated alkanes) is 1. The molecule has 0 fully saturated rings. The van der Waals surface area contributed by atoms with Crippen molar-refractivity contribution in [3.05, 3.63) is 0 Å². The summed E-state index contributed by atoms with van der Waals surface area (Å²) in [6.07, 6.45) is 2.15. The van der Waals surface area contributed by atoms with E-state index in [9.17, 15) is 4.79 Å². The fraction of sp³-hybridized carbons (Fsp3) is 0.900. The van der Waals surface area contributed by atoms with Gasteiger partial charge in [0.2, 0.25) is 0 Å². The third kappa shape index (κ3) is 5.80. The number of hydrogen-bond donors (Lipinski definition) is 1. The topological polar surface area (TPSA) is 49.6 Å². The zero-order chi connectivity index (χ0) is 11.0. The number of primary amides is 1. The molecule has 2 N–H and O–H groups in total. The Balaban J connectivity index is 3.41. The molecule has 0 spiro atoms. The fourth-order valence-corrected chi connectivity index (χ4v) is 1.33. The zero-order valence-corrected chi connectivity index (χ0v) is 9.62. The zero-order valence-electron chi connectivity index (χ0n) is 9.62. The van der Waals surface area contributed by atoms with Crippen LogP contribution < -0.4 is 5.73 Å². The lowest BCUT2D eigenvalue weighted by atomic mass is 10.3. The van der Waals surface area contributed by atoms with Gasteiger partial charge in [-0.25, -0.2) is 4.79 Å². The highest BCUT2D eigenvalue weighted by molar-refractivity contribution is 5.71. The van der Waals surface area contributed by atoms with Gasteiger partial charge in [0, 0.05) is 13.6 Å². The second kappa shape index (κ2) is 7.62. The Morgan fingerprint density at radius 2 is 1.64 bits per heavy atom. The van der Waals surface area contributed by atoms with Crippen LogP contribution in [0.4, 0.5) is 4.79 Å². The van der Waals surface area contributed by atoms with Gasteiger partial charge >= 0.3 is 6.03 Å². The number of carbonyl (C=O) groups excluding carboxylic acids is 1. The summed E-state index contributed by atoms with van der Waals surface area (Å²) >= 11 is 0. The van der Waals surface area contributed by atoms with Gasteiger partial charge in [0.1, 0.15) is 0 Å². The summed E-state index contributed by atoms with van der Waals surface area (Å²) < 4.78 is 0. The average Bonchev–Trinajstić information content (AvgIpc) is 2.17. The lowest BCUT2D eigenvalue weighted by Gasteiger charge is -2.19. The van der Waals surface area contributed by atoms with Crippen LogP contribution in [-0.2, 0) is 0 Å². The highest BCUT2D eigenvalue weighted by atomic mass is 16.2. The van der Waals surface area contributed by atoms with Crippen LogP contribution in [0.2, 0.25) is 0 Å². The third-order valence-electron chi connectivity index (χ3n) is 2.49. The largest absolute Gasteiger partial charge is 0.351 e. The standard InChI is InChI=1S/C10H23N3O/c1-4-13(5-2)9-7-6-8-12(3)10(11)14/h4-9H2,1-3H3,(H2,11,14). The number of nitrogens with two attached hydrogens (primary N) is 1. The van der Waals surface area contributed by atoms with Crippen molar-refractivity contribution in [2.24, 2.45) is 5.73 Å². The van der Waals surface area contributed by atoms with Crippen LogP contribution in [0.3, 0.4) is 0 Å². The molecule has 0 saturated carbocycles. The highest BCUT2D eigenvalue weighted by Crippen LogP contribution is 1.96. The molecule has 0 aromatic rings. The van der Waals surface area contributed by atoms with Gasteiger partial charge in [-0.3, -0.25) is 0 Å². The van der Waals surface area contributed by atoms with E-state index in [2.05, 4.69) is 18.7 Å². The molecule has 4 heteroatoms. The number of rotatable bonds is 7. The van der Waals surface area contributed by atoms with Crippen molar-refractivity contribution in [3.8, 4) is 0 Å². The van der Waals surface area contributed by atoms with Crippen LogP contribution in [0.15, 0.2) is 0 Å². The van der Waals surface area contributed by atoms with E-state index >= 15 is 0 Å². The minimum Gasteiger partial charge on any atom is -0.351 e. The lowest BCUT2D eigenvalue weighted by Crippen LogP contribution is -2.33. The maximum Gasteiger partial charge on any atom is 0.314 e. The Labute approximate surface area is 87.0 Å². The summed E-state index contributed by atoms with van der Waals surface area (Å²) in [5, 5.41) is 0. The molecule has 0 unspecified atom stereocenters. The SMILES string of the molecule is CCN(CC)CCCCN(C)C(N)=O. The number of urea groups is 1. The van der Waals surface area contributed by atoms with Gasteiger partial charge in [0.05, 0.1) is 0 Å². The van der Waals surface area contributed by atoms with Gasteiger partial charge < -0.3 is 15.5 Å². The van der Waals surface area contributed by atoms with Crippen LogP contribution >= 0.6 is 0 Å². The Hall–Kier alpha value is -0.770. The summed E-state index contributed by atoms with van der Waals surface area (Å²) in [6.45, 7) is 8.40. The van der Waals surface area contributed by atoms with Crippen molar-refractivity contribution < 1.29 is 4.79 Å². The molecule has 0 heterocycles. The second-order valence-electron chi connectivity index (χ2n) is 3.49. The van der Waals surface area contributed by atoms with Crippen LogP contribution in [-0.4, -0.2) is 49.1 Å². The van der Waals surface area contributed by atoms with E-state index in [1.807, 2.05) is 0 Å². The minimum atomic E-state index is -0.340. The molecular weight excluding hydrogens is 178 g/mol. The van der Waals surface area contributed by atoms with Crippen LogP contribution in [0, 0.1) is 0 Å². The van der Waals surface area contributed by atoms with Crippen molar-refractivity contribution in [2.45, 2.75) is 26.7 Å². The molecule has 0 bridgehead atoms. The number of hydrogen-bond acceptors (Lipinski definition) is 2. The summed E-state index contributed by atoms with van der Waals surface area (Å²) in [4.78, 5) is 14.6. The first-order valence-corrected chi connectivity index (χ1v) is 5.34. The minimum absolute atomic E-state index is 0.340. The number of amides is 2. The van der Waals surface area contributed by atoms with E-state index in [4.69, 9.17) is 5.73 Å².